The fraction of sp³-hybridized carbons (Fsp3) is 0.500. The number of esters is 1. The number of nitrogens with one attached hydrogen (secondary N) is 1. The van der Waals surface area contributed by atoms with Crippen LogP contribution < -0.4 is 5.32 Å². The third kappa shape index (κ3) is 5.96. The van der Waals surface area contributed by atoms with Gasteiger partial charge in [0.25, 0.3) is 5.69 Å². The molecule has 0 saturated carbocycles. The van der Waals surface area contributed by atoms with Crippen LogP contribution in [0, 0.1) is 16.0 Å². The lowest BCUT2D eigenvalue weighted by Gasteiger charge is -2.19. The highest BCUT2D eigenvalue weighted by atomic mass is 16.6. The van der Waals surface area contributed by atoms with Gasteiger partial charge in [-0.25, -0.2) is 4.79 Å². The summed E-state index contributed by atoms with van der Waals surface area (Å²) in [6, 6.07) is 4.67. The Morgan fingerprint density at radius 3 is 2.33 bits per heavy atom. The molecule has 1 rings (SSSR count). The van der Waals surface area contributed by atoms with Gasteiger partial charge in [0.1, 0.15) is 12.1 Å². The molecule has 1 aromatic carbocycles. The average molecular weight is 338 g/mol. The van der Waals surface area contributed by atoms with E-state index in [1.807, 2.05) is 13.8 Å². The highest BCUT2D eigenvalue weighted by molar-refractivity contribution is 5.87. The van der Waals surface area contributed by atoms with Crippen LogP contribution in [0.4, 0.5) is 5.69 Å². The van der Waals surface area contributed by atoms with Gasteiger partial charge in [-0.05, 0) is 17.9 Å². The van der Waals surface area contributed by atoms with Crippen LogP contribution in [0.2, 0.25) is 0 Å². The summed E-state index contributed by atoms with van der Waals surface area (Å²) in [5.74, 6) is -1.18. The zero-order valence-electron chi connectivity index (χ0n) is 13.9. The molecule has 0 aromatic heterocycles. The van der Waals surface area contributed by atoms with Crippen LogP contribution in [-0.4, -0.2) is 41.2 Å². The van der Waals surface area contributed by atoms with Crippen LogP contribution in [0.1, 0.15) is 25.8 Å². The fourth-order valence-corrected chi connectivity index (χ4v) is 2.15. The summed E-state index contributed by atoms with van der Waals surface area (Å²) in [5.41, 5.74) is 0.555. The minimum atomic E-state index is -1.21. The number of methoxy groups -OCH3 is 1. The highest BCUT2D eigenvalue weighted by Gasteiger charge is 2.26. The number of nitro benzene ring substituents is 1. The number of benzene rings is 1. The Kier molecular flexibility index (Phi) is 7.31. The SMILES string of the molecule is COC(=O)[C@@H](Cc1ccc([N+](=O)[O-])cc1)NC(=O)[C@H](O)CC(C)C. The quantitative estimate of drug-likeness (QED) is 0.418. The second-order valence-corrected chi connectivity index (χ2v) is 5.86. The van der Waals surface area contributed by atoms with Crippen molar-refractivity contribution in [3.8, 4) is 0 Å². The van der Waals surface area contributed by atoms with E-state index >= 15 is 0 Å². The molecule has 8 nitrogen and oxygen atoms in total. The number of hydrogen-bond acceptors (Lipinski definition) is 6. The summed E-state index contributed by atoms with van der Waals surface area (Å²) >= 11 is 0. The van der Waals surface area contributed by atoms with Crippen LogP contribution >= 0.6 is 0 Å². The molecule has 0 aliphatic rings. The average Bonchev–Trinajstić information content (AvgIpc) is 2.53. The van der Waals surface area contributed by atoms with E-state index < -0.39 is 28.9 Å². The molecule has 0 unspecified atom stereocenters. The summed E-state index contributed by atoms with van der Waals surface area (Å²) in [4.78, 5) is 34.0. The largest absolute Gasteiger partial charge is 0.467 e. The molecule has 0 radical (unpaired) electrons. The van der Waals surface area contributed by atoms with Gasteiger partial charge in [-0.3, -0.25) is 14.9 Å². The van der Waals surface area contributed by atoms with Crippen LogP contribution in [0.15, 0.2) is 24.3 Å². The molecule has 8 heteroatoms. The summed E-state index contributed by atoms with van der Waals surface area (Å²) in [7, 11) is 1.20. The van der Waals surface area contributed by atoms with Crippen LogP contribution in [0.5, 0.6) is 0 Å². The molecule has 0 bridgehead atoms. The molecular formula is C16H22N2O6. The van der Waals surface area contributed by atoms with E-state index in [0.29, 0.717) is 5.56 Å². The molecule has 1 amide bonds. The van der Waals surface area contributed by atoms with Crippen LogP contribution in [-0.2, 0) is 20.7 Å². The standard InChI is InChI=1S/C16H22N2O6/c1-10(2)8-14(19)15(20)17-13(16(21)24-3)9-11-4-6-12(7-5-11)18(22)23/h4-7,10,13-14,19H,8-9H2,1-3H3,(H,17,20)/t13-,14-/m1/s1. The van der Waals surface area contributed by atoms with E-state index in [1.165, 1.54) is 31.4 Å². The molecular weight excluding hydrogens is 316 g/mol. The van der Waals surface area contributed by atoms with Crippen molar-refractivity contribution >= 4 is 17.6 Å². The zero-order chi connectivity index (χ0) is 18.3. The van der Waals surface area contributed by atoms with Gasteiger partial charge >= 0.3 is 5.97 Å². The van der Waals surface area contributed by atoms with Gasteiger partial charge in [-0.15, -0.1) is 0 Å². The first-order valence-corrected chi connectivity index (χ1v) is 7.54. The van der Waals surface area contributed by atoms with Crippen molar-refractivity contribution in [3.05, 3.63) is 39.9 Å². The molecule has 1 aromatic rings. The number of nitro groups is 1. The van der Waals surface area contributed by atoms with E-state index in [2.05, 4.69) is 10.1 Å². The lowest BCUT2D eigenvalue weighted by atomic mass is 10.0. The lowest BCUT2D eigenvalue weighted by Crippen LogP contribution is -2.47. The summed E-state index contributed by atoms with van der Waals surface area (Å²) in [6.45, 7) is 3.73. The van der Waals surface area contributed by atoms with Gasteiger partial charge in [0.2, 0.25) is 5.91 Å². The maximum Gasteiger partial charge on any atom is 0.328 e. The Morgan fingerprint density at radius 1 is 1.29 bits per heavy atom. The number of non-ortho nitro benzene ring substituents is 1. The van der Waals surface area contributed by atoms with Crippen molar-refractivity contribution in [2.75, 3.05) is 7.11 Å². The van der Waals surface area contributed by atoms with E-state index in [-0.39, 0.29) is 24.4 Å². The molecule has 0 fully saturated rings. The first-order valence-electron chi connectivity index (χ1n) is 7.54. The molecule has 0 spiro atoms. The number of aliphatic hydroxyl groups excluding tert-OH is 1. The minimum Gasteiger partial charge on any atom is -0.467 e. The predicted octanol–water partition coefficient (Wildman–Crippen LogP) is 1.20. The Labute approximate surface area is 140 Å². The Bertz CT molecular complexity index is 585. The maximum atomic E-state index is 12.0. The molecule has 0 heterocycles. The second-order valence-electron chi connectivity index (χ2n) is 5.86. The Morgan fingerprint density at radius 2 is 1.88 bits per heavy atom. The fourth-order valence-electron chi connectivity index (χ4n) is 2.15. The maximum absolute atomic E-state index is 12.0. The number of rotatable bonds is 8. The van der Waals surface area contributed by atoms with Gasteiger partial charge in [-0.1, -0.05) is 26.0 Å². The topological polar surface area (TPSA) is 119 Å². The van der Waals surface area contributed by atoms with Crippen molar-refractivity contribution in [1.82, 2.24) is 5.32 Å². The lowest BCUT2D eigenvalue weighted by molar-refractivity contribution is -0.384. The second kappa shape index (κ2) is 8.97. The minimum absolute atomic E-state index is 0.0650. The monoisotopic (exact) mass is 338 g/mol. The van der Waals surface area contributed by atoms with E-state index in [1.54, 1.807) is 0 Å². The van der Waals surface area contributed by atoms with Crippen molar-refractivity contribution in [2.24, 2.45) is 5.92 Å². The van der Waals surface area contributed by atoms with Gasteiger partial charge in [0, 0.05) is 18.6 Å². The Balaban J connectivity index is 2.80. The zero-order valence-corrected chi connectivity index (χ0v) is 13.9. The molecule has 2 N–H and O–H groups in total. The predicted molar refractivity (Wildman–Crippen MR) is 86.2 cm³/mol. The highest BCUT2D eigenvalue weighted by Crippen LogP contribution is 2.14. The van der Waals surface area contributed by atoms with Gasteiger partial charge < -0.3 is 15.2 Å². The third-order valence-electron chi connectivity index (χ3n) is 3.39. The number of ether oxygens (including phenoxy) is 1. The molecule has 24 heavy (non-hydrogen) atoms. The number of aliphatic hydroxyl groups is 1. The number of carbonyl (C=O) groups excluding carboxylic acids is 2. The van der Waals surface area contributed by atoms with Gasteiger partial charge in [-0.2, -0.15) is 0 Å². The molecule has 2 atom stereocenters. The molecule has 0 saturated heterocycles. The van der Waals surface area contributed by atoms with Crippen LogP contribution in [0.3, 0.4) is 0 Å². The van der Waals surface area contributed by atoms with Crippen molar-refractivity contribution in [2.45, 2.75) is 38.8 Å². The molecule has 132 valence electrons. The number of carbonyl (C=O) groups is 2. The number of nitrogens with zero attached hydrogens (tertiary/aromatic N) is 1. The smallest absolute Gasteiger partial charge is 0.328 e. The van der Waals surface area contributed by atoms with E-state index in [0.717, 1.165) is 0 Å². The number of amides is 1. The first-order chi connectivity index (χ1) is 11.2. The Hall–Kier alpha value is -2.48. The summed E-state index contributed by atoms with van der Waals surface area (Å²) in [6.07, 6.45) is -0.837. The van der Waals surface area contributed by atoms with E-state index in [4.69, 9.17) is 0 Å². The number of hydrogen-bond donors (Lipinski definition) is 2. The van der Waals surface area contributed by atoms with Gasteiger partial charge in [0.15, 0.2) is 0 Å². The third-order valence-corrected chi connectivity index (χ3v) is 3.39. The van der Waals surface area contributed by atoms with Gasteiger partial charge in [0.05, 0.1) is 12.0 Å². The summed E-state index contributed by atoms with van der Waals surface area (Å²) in [5, 5.41) is 22.9. The molecule has 0 aliphatic carbocycles. The van der Waals surface area contributed by atoms with E-state index in [9.17, 15) is 24.8 Å². The van der Waals surface area contributed by atoms with Crippen molar-refractivity contribution in [3.63, 3.8) is 0 Å². The first kappa shape index (κ1) is 19.6. The summed E-state index contributed by atoms with van der Waals surface area (Å²) < 4.78 is 4.66. The van der Waals surface area contributed by atoms with Crippen molar-refractivity contribution < 1.29 is 24.4 Å². The van der Waals surface area contributed by atoms with Crippen LogP contribution in [0.25, 0.3) is 0 Å². The normalized spacial score (nSPS) is 13.2. The van der Waals surface area contributed by atoms with Crippen molar-refractivity contribution in [1.29, 1.82) is 0 Å². The molecule has 0 aliphatic heterocycles.